The minimum Gasteiger partial charge on any atom is -0.484 e. The summed E-state index contributed by atoms with van der Waals surface area (Å²) in [4.78, 5) is 23.3. The molecule has 1 fully saturated rings. The van der Waals surface area contributed by atoms with Gasteiger partial charge in [-0.15, -0.1) is 0 Å². The molecule has 1 aliphatic heterocycles. The Morgan fingerprint density at radius 2 is 1.85 bits per heavy atom. The number of carbonyl (C=O) groups excluding carboxylic acids is 2. The van der Waals surface area contributed by atoms with Crippen molar-refractivity contribution in [1.29, 1.82) is 0 Å². The van der Waals surface area contributed by atoms with E-state index in [1.54, 1.807) is 36.4 Å². The number of benzene rings is 2. The molecule has 1 heterocycles. The fourth-order valence-corrected chi connectivity index (χ4v) is 3.37. The van der Waals surface area contributed by atoms with Crippen molar-refractivity contribution in [2.24, 2.45) is 5.73 Å². The normalized spacial score (nSPS) is 16.3. The summed E-state index contributed by atoms with van der Waals surface area (Å²) in [6.07, 6.45) is 3.93. The van der Waals surface area contributed by atoms with Crippen LogP contribution in [-0.2, 0) is 4.79 Å². The van der Waals surface area contributed by atoms with Crippen molar-refractivity contribution in [3.63, 3.8) is 0 Å². The lowest BCUT2D eigenvalue weighted by atomic mass is 10.2. The van der Waals surface area contributed by atoms with Crippen LogP contribution in [0, 0.1) is 0 Å². The molecule has 140 valence electrons. The molecule has 2 aromatic rings. The molecule has 0 radical (unpaired) electrons. The van der Waals surface area contributed by atoms with Crippen molar-refractivity contribution in [2.45, 2.75) is 31.5 Å². The number of amides is 2. The highest BCUT2D eigenvalue weighted by Gasteiger charge is 2.44. The van der Waals surface area contributed by atoms with Crippen LogP contribution in [0.4, 0.5) is 5.69 Å². The molecule has 0 aromatic heterocycles. The average molecular weight is 368 g/mol. The zero-order valence-corrected chi connectivity index (χ0v) is 14.7. The van der Waals surface area contributed by atoms with E-state index in [4.69, 9.17) is 19.9 Å². The first kappa shape index (κ1) is 17.2. The Bertz CT molecular complexity index is 890. The minimum absolute atomic E-state index is 0.194. The first-order valence-electron chi connectivity index (χ1n) is 8.88. The molecule has 3 N–H and O–H groups in total. The van der Waals surface area contributed by atoms with Crippen molar-refractivity contribution in [3.8, 4) is 17.2 Å². The molecular formula is C20H20N2O5. The van der Waals surface area contributed by atoms with Crippen LogP contribution in [-0.4, -0.2) is 24.2 Å². The summed E-state index contributed by atoms with van der Waals surface area (Å²) in [7, 11) is 0. The van der Waals surface area contributed by atoms with Gasteiger partial charge in [0.1, 0.15) is 5.75 Å². The maximum absolute atomic E-state index is 12.2. The number of anilines is 1. The van der Waals surface area contributed by atoms with Gasteiger partial charge in [0.05, 0.1) is 0 Å². The number of primary amides is 1. The first-order chi connectivity index (χ1) is 13.0. The molecule has 2 amide bonds. The lowest BCUT2D eigenvalue weighted by Gasteiger charge is -2.21. The maximum Gasteiger partial charge on any atom is 0.262 e. The van der Waals surface area contributed by atoms with Crippen LogP contribution >= 0.6 is 0 Å². The van der Waals surface area contributed by atoms with Gasteiger partial charge >= 0.3 is 0 Å². The number of nitrogens with two attached hydrogens (primary N) is 1. The Kier molecular flexibility index (Phi) is 4.35. The van der Waals surface area contributed by atoms with E-state index >= 15 is 0 Å². The maximum atomic E-state index is 12.2. The monoisotopic (exact) mass is 368 g/mol. The van der Waals surface area contributed by atoms with Crippen LogP contribution in [0.1, 0.15) is 36.0 Å². The molecule has 2 aliphatic rings. The van der Waals surface area contributed by atoms with Gasteiger partial charge in [0.15, 0.2) is 18.1 Å². The van der Waals surface area contributed by atoms with Gasteiger partial charge in [-0.2, -0.15) is 0 Å². The van der Waals surface area contributed by atoms with E-state index in [9.17, 15) is 9.59 Å². The SMILES string of the molecule is NC(=O)c1cccc(OCC(=O)Nc2ccc3c(c2)OC2(CCCC2)O3)c1. The summed E-state index contributed by atoms with van der Waals surface area (Å²) < 4.78 is 17.4. The third-order valence-electron chi connectivity index (χ3n) is 4.67. The van der Waals surface area contributed by atoms with Crippen LogP contribution in [0.25, 0.3) is 0 Å². The van der Waals surface area contributed by atoms with E-state index in [1.807, 2.05) is 0 Å². The van der Waals surface area contributed by atoms with E-state index in [0.717, 1.165) is 25.7 Å². The fraction of sp³-hybridized carbons (Fsp3) is 0.300. The largest absolute Gasteiger partial charge is 0.484 e. The summed E-state index contributed by atoms with van der Waals surface area (Å²) in [6, 6.07) is 11.7. The van der Waals surface area contributed by atoms with E-state index < -0.39 is 11.7 Å². The number of fused-ring (bicyclic) bond motifs is 1. The topological polar surface area (TPSA) is 99.9 Å². The van der Waals surface area contributed by atoms with Gasteiger partial charge in [0.2, 0.25) is 5.91 Å². The van der Waals surface area contributed by atoms with Crippen LogP contribution in [0.15, 0.2) is 42.5 Å². The van der Waals surface area contributed by atoms with Crippen LogP contribution in [0.3, 0.4) is 0 Å². The molecule has 7 heteroatoms. The smallest absolute Gasteiger partial charge is 0.262 e. The molecule has 1 aliphatic carbocycles. The fourth-order valence-electron chi connectivity index (χ4n) is 3.37. The second kappa shape index (κ2) is 6.83. The lowest BCUT2D eigenvalue weighted by molar-refractivity contribution is -0.118. The minimum atomic E-state index is -0.551. The van der Waals surface area contributed by atoms with Gasteiger partial charge in [-0.3, -0.25) is 9.59 Å². The van der Waals surface area contributed by atoms with E-state index in [1.165, 1.54) is 6.07 Å². The van der Waals surface area contributed by atoms with Gasteiger partial charge in [0, 0.05) is 30.2 Å². The molecule has 2 aromatic carbocycles. The number of hydrogen-bond acceptors (Lipinski definition) is 5. The zero-order valence-electron chi connectivity index (χ0n) is 14.7. The standard InChI is InChI=1S/C20H20N2O5/c21-19(24)13-4-3-5-15(10-13)25-12-18(23)22-14-6-7-16-17(11-14)27-20(26-16)8-1-2-9-20/h3-7,10-11H,1-2,8-9,12H2,(H2,21,24)(H,22,23). The summed E-state index contributed by atoms with van der Waals surface area (Å²) in [6.45, 7) is -0.194. The summed E-state index contributed by atoms with van der Waals surface area (Å²) in [5.74, 6) is 0.341. The molecule has 7 nitrogen and oxygen atoms in total. The van der Waals surface area contributed by atoms with Crippen LogP contribution in [0.2, 0.25) is 0 Å². The van der Waals surface area contributed by atoms with Crippen molar-refractivity contribution in [1.82, 2.24) is 0 Å². The van der Waals surface area contributed by atoms with E-state index in [0.29, 0.717) is 28.5 Å². The molecule has 1 saturated carbocycles. The highest BCUT2D eigenvalue weighted by molar-refractivity contribution is 5.93. The number of ether oxygens (including phenoxy) is 3. The molecule has 1 spiro atoms. The number of carbonyl (C=O) groups is 2. The van der Waals surface area contributed by atoms with E-state index in [-0.39, 0.29) is 12.5 Å². The number of hydrogen-bond donors (Lipinski definition) is 2. The summed E-state index contributed by atoms with van der Waals surface area (Å²) in [5, 5.41) is 2.77. The van der Waals surface area contributed by atoms with Gasteiger partial charge in [0.25, 0.3) is 11.7 Å². The predicted octanol–water partition coefficient (Wildman–Crippen LogP) is 2.84. The quantitative estimate of drug-likeness (QED) is 0.845. The highest BCUT2D eigenvalue weighted by atomic mass is 16.7. The highest BCUT2D eigenvalue weighted by Crippen LogP contribution is 2.47. The molecule has 27 heavy (non-hydrogen) atoms. The second-order valence-electron chi connectivity index (χ2n) is 6.71. The van der Waals surface area contributed by atoms with Crippen molar-refractivity contribution >= 4 is 17.5 Å². The van der Waals surface area contributed by atoms with E-state index in [2.05, 4.69) is 5.32 Å². The third-order valence-corrected chi connectivity index (χ3v) is 4.67. The first-order valence-corrected chi connectivity index (χ1v) is 8.88. The Hall–Kier alpha value is -3.22. The molecule has 4 rings (SSSR count). The lowest BCUT2D eigenvalue weighted by Crippen LogP contribution is -2.34. The van der Waals surface area contributed by atoms with Gasteiger partial charge in [-0.25, -0.2) is 0 Å². The Morgan fingerprint density at radius 1 is 1.07 bits per heavy atom. The van der Waals surface area contributed by atoms with Crippen molar-refractivity contribution < 1.29 is 23.8 Å². The Labute approximate surface area is 156 Å². The molecule has 0 saturated heterocycles. The van der Waals surface area contributed by atoms with Crippen LogP contribution in [0.5, 0.6) is 17.2 Å². The molecule has 0 bridgehead atoms. The van der Waals surface area contributed by atoms with Gasteiger partial charge in [-0.05, 0) is 43.2 Å². The van der Waals surface area contributed by atoms with Crippen molar-refractivity contribution in [2.75, 3.05) is 11.9 Å². The number of rotatable bonds is 5. The Balaban J connectivity index is 1.35. The zero-order chi connectivity index (χ0) is 18.9. The van der Waals surface area contributed by atoms with Gasteiger partial charge in [-0.1, -0.05) is 6.07 Å². The summed E-state index contributed by atoms with van der Waals surface area (Å²) >= 11 is 0. The summed E-state index contributed by atoms with van der Waals surface area (Å²) in [5.41, 5.74) is 6.16. The predicted molar refractivity (Wildman–Crippen MR) is 98.0 cm³/mol. The Morgan fingerprint density at radius 3 is 2.63 bits per heavy atom. The molecule has 0 atom stereocenters. The van der Waals surface area contributed by atoms with Crippen LogP contribution < -0.4 is 25.3 Å². The molecular weight excluding hydrogens is 348 g/mol. The molecule has 0 unspecified atom stereocenters. The van der Waals surface area contributed by atoms with Crippen molar-refractivity contribution in [3.05, 3.63) is 48.0 Å². The average Bonchev–Trinajstić information content (AvgIpc) is 3.26. The number of nitrogens with one attached hydrogen (secondary N) is 1. The van der Waals surface area contributed by atoms with Gasteiger partial charge < -0.3 is 25.3 Å². The second-order valence-corrected chi connectivity index (χ2v) is 6.71. The third kappa shape index (κ3) is 3.67.